The van der Waals surface area contributed by atoms with Crippen molar-refractivity contribution in [2.75, 3.05) is 20.5 Å². The minimum Gasteiger partial charge on any atom is -0.496 e. The quantitative estimate of drug-likeness (QED) is 0.157. The fourth-order valence-electron chi connectivity index (χ4n) is 6.43. The normalized spacial score (nSPS) is 18.1. The van der Waals surface area contributed by atoms with Crippen LogP contribution < -0.4 is 0 Å². The molecule has 54 heavy (non-hydrogen) atoms. The van der Waals surface area contributed by atoms with Crippen LogP contribution in [0.5, 0.6) is 0 Å². The Morgan fingerprint density at radius 2 is 1.61 bits per heavy atom. The Morgan fingerprint density at radius 3 is 2.20 bits per heavy atom. The molecule has 0 fully saturated rings. The molecule has 2 aliphatic carbocycles. The van der Waals surface area contributed by atoms with Gasteiger partial charge in [-0.25, -0.2) is 0 Å². The highest BCUT2D eigenvalue weighted by Crippen LogP contribution is 2.45. The summed E-state index contributed by atoms with van der Waals surface area (Å²) in [4.78, 5) is 55.0. The summed E-state index contributed by atoms with van der Waals surface area (Å²) in [7, 11) is 2.92. The molecule has 286 valence electrons. The number of nitrogens with zero attached hydrogens (tertiary/aromatic N) is 2. The number of Topliss-reactive ketones (excluding diaryl/α,β-unsaturated/α-hetero) is 1. The number of allylic oxidation sites excluding steroid dienone is 6. The van der Waals surface area contributed by atoms with Gasteiger partial charge >= 0.3 is 11.9 Å². The van der Waals surface area contributed by atoms with Crippen molar-refractivity contribution in [2.24, 2.45) is 4.99 Å². The van der Waals surface area contributed by atoms with Crippen molar-refractivity contribution in [3.63, 3.8) is 0 Å². The van der Waals surface area contributed by atoms with E-state index in [1.807, 2.05) is 12.3 Å². The molecule has 0 bridgehead atoms. The number of hydrogen-bond acceptors (Lipinski definition) is 11. The average Bonchev–Trinajstić information content (AvgIpc) is 3.89. The number of rotatable bonds is 12. The van der Waals surface area contributed by atoms with Crippen LogP contribution in [0.2, 0.25) is 0 Å². The van der Waals surface area contributed by atoms with Crippen LogP contribution in [0.15, 0.2) is 103 Å². The number of aliphatic imine (C=N–C) groups is 1. The van der Waals surface area contributed by atoms with Gasteiger partial charge in [0.15, 0.2) is 5.78 Å². The number of ketones is 1. The molecule has 1 amide bonds. The van der Waals surface area contributed by atoms with Crippen molar-refractivity contribution in [2.45, 2.75) is 59.7 Å². The zero-order valence-corrected chi connectivity index (χ0v) is 34.0. The summed E-state index contributed by atoms with van der Waals surface area (Å²) in [6.07, 6.45) is 3.75. The van der Waals surface area contributed by atoms with Gasteiger partial charge in [-0.05, 0) is 66.8 Å². The summed E-state index contributed by atoms with van der Waals surface area (Å²) >= 11 is 17.1. The van der Waals surface area contributed by atoms with Gasteiger partial charge in [0.1, 0.15) is 11.5 Å². The lowest BCUT2D eigenvalue weighted by atomic mass is 9.85. The van der Waals surface area contributed by atoms with Gasteiger partial charge in [0.25, 0.3) is 11.7 Å². The van der Waals surface area contributed by atoms with E-state index < -0.39 is 23.7 Å². The number of thiophene rings is 2. The van der Waals surface area contributed by atoms with E-state index in [9.17, 15) is 38.2 Å². The lowest BCUT2D eigenvalue weighted by Gasteiger charge is -2.29. The predicted molar refractivity (Wildman–Crippen MR) is 208 cm³/mol. The minimum atomic E-state index is -2.57. The molecule has 6 rings (SSSR count). The maximum atomic E-state index is 13.3. The summed E-state index contributed by atoms with van der Waals surface area (Å²) in [6.45, 7) is 3.42. The summed E-state index contributed by atoms with van der Waals surface area (Å²) in [6, 6.07) is 2.79. The van der Waals surface area contributed by atoms with Crippen LogP contribution in [0.1, 0.15) is 60.2 Å². The topological polar surface area (TPSA) is 143 Å². The fraction of sp³-hybridized carbons (Fsp3) is 0.306. The van der Waals surface area contributed by atoms with Crippen LogP contribution in [-0.4, -0.2) is 76.7 Å². The van der Waals surface area contributed by atoms with E-state index in [1.165, 1.54) is 41.9 Å². The summed E-state index contributed by atoms with van der Waals surface area (Å²) in [5.74, 6) is -4.46. The number of fused-ring (bicyclic) bond motifs is 2. The average molecular weight is 858 g/mol. The molecule has 18 heteroatoms. The molecular weight excluding hydrogens is 826 g/mol. The number of ether oxygens (including phenoxy) is 2. The minimum absolute atomic E-state index is 0.209. The Morgan fingerprint density at radius 1 is 0.981 bits per heavy atom. The first-order valence-corrected chi connectivity index (χ1v) is 20.5. The van der Waals surface area contributed by atoms with Crippen molar-refractivity contribution < 1.29 is 47.6 Å². The van der Waals surface area contributed by atoms with Gasteiger partial charge in [0.2, 0.25) is 0 Å². The largest absolute Gasteiger partial charge is 0.496 e. The molecule has 4 aliphatic rings. The zero-order chi connectivity index (χ0) is 39.6. The van der Waals surface area contributed by atoms with Gasteiger partial charge in [-0.3, -0.25) is 24.2 Å². The van der Waals surface area contributed by atoms with E-state index in [0.29, 0.717) is 94.5 Å². The van der Waals surface area contributed by atoms with Crippen LogP contribution in [0.3, 0.4) is 0 Å². The van der Waals surface area contributed by atoms with Crippen LogP contribution in [0.4, 0.5) is 8.78 Å². The Balaban J connectivity index is 0.000000208. The highest BCUT2D eigenvalue weighted by atomic mass is 35.5. The molecule has 2 N–H and O–H groups in total. The third-order valence-electron chi connectivity index (χ3n) is 8.71. The Kier molecular flexibility index (Phi) is 13.4. The van der Waals surface area contributed by atoms with E-state index in [2.05, 4.69) is 4.99 Å². The molecule has 0 radical (unpaired) electrons. The van der Waals surface area contributed by atoms with Gasteiger partial charge in [0.05, 0.1) is 68.4 Å². The van der Waals surface area contributed by atoms with Crippen molar-refractivity contribution in [1.29, 1.82) is 0 Å². The Labute approximate surface area is 335 Å². The number of amides is 1. The maximum absolute atomic E-state index is 13.3. The van der Waals surface area contributed by atoms with E-state index >= 15 is 0 Å². The summed E-state index contributed by atoms with van der Waals surface area (Å²) in [5.41, 5.74) is 5.12. The molecule has 1 atom stereocenters. The summed E-state index contributed by atoms with van der Waals surface area (Å²) in [5, 5.41) is 22.7. The number of carbonyl (C=O) groups excluding carboxylic acids is 2. The number of carboxylic acids is 2. The van der Waals surface area contributed by atoms with Crippen LogP contribution in [0, 0.1) is 0 Å². The molecular formula is C36H32Cl2F2N2O8S4. The van der Waals surface area contributed by atoms with E-state index in [-0.39, 0.29) is 36.5 Å². The van der Waals surface area contributed by atoms with Gasteiger partial charge in [-0.15, -0.1) is 34.4 Å². The van der Waals surface area contributed by atoms with Gasteiger partial charge in [0, 0.05) is 46.1 Å². The van der Waals surface area contributed by atoms with E-state index in [4.69, 9.17) is 32.7 Å². The van der Waals surface area contributed by atoms with Crippen LogP contribution in [-0.2, 0) is 19.1 Å². The van der Waals surface area contributed by atoms with Crippen molar-refractivity contribution in [3.8, 4) is 0 Å². The summed E-state index contributed by atoms with van der Waals surface area (Å²) < 4.78 is 37.2. The Hall–Kier alpha value is -3.67. The zero-order valence-electron chi connectivity index (χ0n) is 29.3. The van der Waals surface area contributed by atoms with Crippen LogP contribution in [0.25, 0.3) is 0 Å². The lowest BCUT2D eigenvalue weighted by Crippen LogP contribution is -2.37. The number of halogens is 4. The number of hydrogen-bond donors (Lipinski definition) is 2. The number of methoxy groups -OCH3 is 2. The van der Waals surface area contributed by atoms with Crippen molar-refractivity contribution in [3.05, 3.63) is 101 Å². The van der Waals surface area contributed by atoms with E-state index in [1.54, 1.807) is 37.1 Å². The molecule has 0 saturated heterocycles. The maximum Gasteiger partial charge on any atom is 0.307 e. The van der Waals surface area contributed by atoms with Crippen LogP contribution >= 0.6 is 69.4 Å². The second kappa shape index (κ2) is 17.4. The smallest absolute Gasteiger partial charge is 0.307 e. The first kappa shape index (κ1) is 41.5. The highest BCUT2D eigenvalue weighted by Gasteiger charge is 2.42. The monoisotopic (exact) mass is 856 g/mol. The molecule has 4 heterocycles. The van der Waals surface area contributed by atoms with Gasteiger partial charge in [-0.1, -0.05) is 23.2 Å². The SMILES string of the molecule is COC1=C(Cl)CC2=NC(C)=C(CC(=O)O)C2=C1C(=O)c1csc(SC)c1.COC1=C(Cl)CC2C(=C1)C(CC(=O)O)=C(C)N2C(=O)c1csc(SC(F)F)c1. The standard InChI is InChI=1S/C18H16ClF2NO4S2.C18H16ClNO4S2/c1-8-10(5-15(23)24)11-4-14(26-2)12(19)6-13(11)22(8)17(25)9-3-16(27-7-9)28-18(20)21;1-8-10(5-13(21)22)15-12(20-8)6-11(19)18(24-2)16(15)17(23)9-4-14(25-3)26-7-9/h3-4,7,13,18H,5-6H2,1-2H3,(H,23,24);4,7H,5-6H2,1-3H3,(H,21,22). The van der Waals surface area contributed by atoms with Gasteiger partial charge < -0.3 is 24.6 Å². The number of thioether (sulfide) groups is 2. The number of alkyl halides is 2. The molecule has 10 nitrogen and oxygen atoms in total. The molecule has 2 aliphatic heterocycles. The van der Waals surface area contributed by atoms with Crippen molar-refractivity contribution in [1.82, 2.24) is 4.90 Å². The third kappa shape index (κ3) is 8.58. The fourth-order valence-corrected chi connectivity index (χ4v) is 9.95. The number of carboxylic acid groups (broad SMARTS) is 2. The molecule has 0 saturated carbocycles. The van der Waals surface area contributed by atoms with E-state index in [0.717, 1.165) is 15.5 Å². The van der Waals surface area contributed by atoms with Crippen molar-refractivity contribution >= 4 is 98.7 Å². The molecule has 0 aromatic carbocycles. The number of aliphatic carboxylic acids is 2. The number of carbonyl (C=O) groups is 4. The first-order chi connectivity index (χ1) is 25.6. The molecule has 2 aromatic rings. The molecule has 2 aromatic heterocycles. The second-order valence-electron chi connectivity index (χ2n) is 11.9. The second-order valence-corrected chi connectivity index (χ2v) is 17.0. The molecule has 1 unspecified atom stereocenters. The lowest BCUT2D eigenvalue weighted by molar-refractivity contribution is -0.137. The molecule has 0 spiro atoms. The predicted octanol–water partition coefficient (Wildman–Crippen LogP) is 9.72. The van der Waals surface area contributed by atoms with Gasteiger partial charge in [-0.2, -0.15) is 8.78 Å². The highest BCUT2D eigenvalue weighted by molar-refractivity contribution is 8.01. The first-order valence-electron chi connectivity index (χ1n) is 15.9. The third-order valence-corrected chi connectivity index (χ3v) is 13.2. The Bertz CT molecular complexity index is 2160.